The monoisotopic (exact) mass is 240 g/mol. The molecule has 1 nitrogen and oxygen atoms in total. The second-order valence-corrected chi connectivity index (χ2v) is 4.60. The molecule has 0 aliphatic carbocycles. The van der Waals surface area contributed by atoms with Crippen molar-refractivity contribution in [2.75, 3.05) is 0 Å². The van der Waals surface area contributed by atoms with Crippen molar-refractivity contribution < 1.29 is 5.11 Å². The average Bonchev–Trinajstić information content (AvgIpc) is 2.47. The van der Waals surface area contributed by atoms with E-state index in [9.17, 15) is 5.11 Å². The van der Waals surface area contributed by atoms with Crippen LogP contribution in [0.1, 0.15) is 37.5 Å². The summed E-state index contributed by atoms with van der Waals surface area (Å²) in [6.07, 6.45) is 1.48. The predicted molar refractivity (Wildman–Crippen MR) is 76.5 cm³/mol. The Balaban J connectivity index is 2.22. The molecule has 2 aromatic rings. The van der Waals surface area contributed by atoms with E-state index in [1.807, 2.05) is 19.1 Å². The number of aliphatic hydroxyl groups is 1. The fraction of sp³-hybridized carbons (Fsp3) is 0.294. The standard InChI is InChI=1S/C17H20O/c1-3-13-5-7-14(8-6-13)15-9-11-16(12-10-15)17(18)4-2/h5-12,17-18H,3-4H2,1-2H3. The van der Waals surface area contributed by atoms with Gasteiger partial charge in [0.1, 0.15) is 0 Å². The molecule has 2 rings (SSSR count). The predicted octanol–water partition coefficient (Wildman–Crippen LogP) is 4.36. The largest absolute Gasteiger partial charge is 0.388 e. The Morgan fingerprint density at radius 2 is 1.33 bits per heavy atom. The molecular weight excluding hydrogens is 220 g/mol. The molecule has 2 aromatic carbocycles. The second kappa shape index (κ2) is 5.83. The lowest BCUT2D eigenvalue weighted by molar-refractivity contribution is 0.173. The van der Waals surface area contributed by atoms with E-state index in [4.69, 9.17) is 0 Å². The van der Waals surface area contributed by atoms with Crippen molar-refractivity contribution in [3.8, 4) is 11.1 Å². The molecule has 1 atom stereocenters. The molecule has 0 fully saturated rings. The summed E-state index contributed by atoms with van der Waals surface area (Å²) in [6.45, 7) is 4.15. The Bertz CT molecular complexity index is 482. The average molecular weight is 240 g/mol. The summed E-state index contributed by atoms with van der Waals surface area (Å²) in [7, 11) is 0. The van der Waals surface area contributed by atoms with Crippen LogP contribution in [0.25, 0.3) is 11.1 Å². The summed E-state index contributed by atoms with van der Waals surface area (Å²) in [5.41, 5.74) is 4.78. The Morgan fingerprint density at radius 1 is 0.833 bits per heavy atom. The number of aryl methyl sites for hydroxylation is 1. The van der Waals surface area contributed by atoms with Crippen LogP contribution in [0.5, 0.6) is 0 Å². The van der Waals surface area contributed by atoms with Crippen molar-refractivity contribution in [3.05, 3.63) is 59.7 Å². The van der Waals surface area contributed by atoms with E-state index in [0.717, 1.165) is 18.4 Å². The lowest BCUT2D eigenvalue weighted by Crippen LogP contribution is -1.94. The Kier molecular flexibility index (Phi) is 4.16. The number of hydrogen-bond donors (Lipinski definition) is 1. The van der Waals surface area contributed by atoms with E-state index in [1.54, 1.807) is 0 Å². The van der Waals surface area contributed by atoms with Gasteiger partial charge in [-0.3, -0.25) is 0 Å². The molecule has 1 unspecified atom stereocenters. The molecule has 0 saturated carbocycles. The van der Waals surface area contributed by atoms with E-state index >= 15 is 0 Å². The lowest BCUT2D eigenvalue weighted by Gasteiger charge is -2.09. The van der Waals surface area contributed by atoms with Crippen LogP contribution in [0.2, 0.25) is 0 Å². The highest BCUT2D eigenvalue weighted by molar-refractivity contribution is 5.64. The van der Waals surface area contributed by atoms with Gasteiger partial charge in [0.25, 0.3) is 0 Å². The fourth-order valence-electron chi connectivity index (χ4n) is 2.07. The first kappa shape index (κ1) is 12.8. The van der Waals surface area contributed by atoms with Crippen molar-refractivity contribution in [3.63, 3.8) is 0 Å². The zero-order valence-electron chi connectivity index (χ0n) is 11.1. The number of hydrogen-bond acceptors (Lipinski definition) is 1. The SMILES string of the molecule is CCc1ccc(-c2ccc(C(O)CC)cc2)cc1. The van der Waals surface area contributed by atoms with Gasteiger partial charge >= 0.3 is 0 Å². The quantitative estimate of drug-likeness (QED) is 0.842. The zero-order chi connectivity index (χ0) is 13.0. The molecule has 0 amide bonds. The van der Waals surface area contributed by atoms with Gasteiger partial charge in [0.05, 0.1) is 6.10 Å². The molecule has 18 heavy (non-hydrogen) atoms. The van der Waals surface area contributed by atoms with Gasteiger partial charge in [0, 0.05) is 0 Å². The van der Waals surface area contributed by atoms with E-state index in [1.165, 1.54) is 16.7 Å². The van der Waals surface area contributed by atoms with Crippen LogP contribution in [0.4, 0.5) is 0 Å². The topological polar surface area (TPSA) is 20.2 Å². The highest BCUT2D eigenvalue weighted by atomic mass is 16.3. The lowest BCUT2D eigenvalue weighted by atomic mass is 10.00. The maximum Gasteiger partial charge on any atom is 0.0787 e. The van der Waals surface area contributed by atoms with Gasteiger partial charge in [-0.05, 0) is 35.1 Å². The first-order valence-electron chi connectivity index (χ1n) is 6.62. The zero-order valence-corrected chi connectivity index (χ0v) is 11.1. The third-order valence-corrected chi connectivity index (χ3v) is 3.38. The molecule has 0 spiro atoms. The molecule has 0 radical (unpaired) electrons. The molecule has 0 bridgehead atoms. The smallest absolute Gasteiger partial charge is 0.0787 e. The molecule has 0 aromatic heterocycles. The van der Waals surface area contributed by atoms with Gasteiger partial charge in [-0.25, -0.2) is 0 Å². The van der Waals surface area contributed by atoms with Crippen molar-refractivity contribution in [1.82, 2.24) is 0 Å². The van der Waals surface area contributed by atoms with E-state index in [0.29, 0.717) is 0 Å². The summed E-state index contributed by atoms with van der Waals surface area (Å²) in [5.74, 6) is 0. The minimum absolute atomic E-state index is 0.346. The molecule has 0 aliphatic rings. The Morgan fingerprint density at radius 3 is 1.78 bits per heavy atom. The third-order valence-electron chi connectivity index (χ3n) is 3.38. The second-order valence-electron chi connectivity index (χ2n) is 4.60. The molecule has 0 aliphatic heterocycles. The number of aliphatic hydroxyl groups excluding tert-OH is 1. The number of rotatable bonds is 4. The van der Waals surface area contributed by atoms with Crippen LogP contribution in [0, 0.1) is 0 Å². The van der Waals surface area contributed by atoms with E-state index < -0.39 is 0 Å². The van der Waals surface area contributed by atoms with Crippen molar-refractivity contribution in [1.29, 1.82) is 0 Å². The maximum atomic E-state index is 9.76. The summed E-state index contributed by atoms with van der Waals surface area (Å²) in [4.78, 5) is 0. The highest BCUT2D eigenvalue weighted by Gasteiger charge is 2.04. The van der Waals surface area contributed by atoms with Gasteiger partial charge in [-0.2, -0.15) is 0 Å². The molecule has 0 heterocycles. The van der Waals surface area contributed by atoms with Gasteiger partial charge in [-0.15, -0.1) is 0 Å². The summed E-state index contributed by atoms with van der Waals surface area (Å²) in [5, 5.41) is 9.76. The minimum Gasteiger partial charge on any atom is -0.388 e. The molecule has 1 N–H and O–H groups in total. The number of benzene rings is 2. The Hall–Kier alpha value is -1.60. The van der Waals surface area contributed by atoms with Crippen LogP contribution >= 0.6 is 0 Å². The maximum absolute atomic E-state index is 9.76. The normalized spacial score (nSPS) is 12.4. The van der Waals surface area contributed by atoms with Crippen molar-refractivity contribution in [2.24, 2.45) is 0 Å². The molecular formula is C17H20O. The van der Waals surface area contributed by atoms with Crippen LogP contribution < -0.4 is 0 Å². The van der Waals surface area contributed by atoms with E-state index in [2.05, 4.69) is 43.3 Å². The van der Waals surface area contributed by atoms with Gasteiger partial charge in [0.2, 0.25) is 0 Å². The summed E-state index contributed by atoms with van der Waals surface area (Å²) >= 11 is 0. The third kappa shape index (κ3) is 2.80. The first-order valence-corrected chi connectivity index (χ1v) is 6.62. The Labute approximate surface area is 109 Å². The molecule has 1 heteroatoms. The van der Waals surface area contributed by atoms with Crippen LogP contribution in [0.15, 0.2) is 48.5 Å². The summed E-state index contributed by atoms with van der Waals surface area (Å²) in [6, 6.07) is 16.8. The van der Waals surface area contributed by atoms with Gasteiger partial charge in [0.15, 0.2) is 0 Å². The van der Waals surface area contributed by atoms with Crippen LogP contribution in [-0.4, -0.2) is 5.11 Å². The molecule has 0 saturated heterocycles. The van der Waals surface area contributed by atoms with Gasteiger partial charge in [-0.1, -0.05) is 62.4 Å². The van der Waals surface area contributed by atoms with Gasteiger partial charge < -0.3 is 5.11 Å². The first-order chi connectivity index (χ1) is 8.74. The van der Waals surface area contributed by atoms with E-state index in [-0.39, 0.29) is 6.10 Å². The summed E-state index contributed by atoms with van der Waals surface area (Å²) < 4.78 is 0. The molecule has 94 valence electrons. The van der Waals surface area contributed by atoms with Crippen LogP contribution in [-0.2, 0) is 6.42 Å². The van der Waals surface area contributed by atoms with Crippen LogP contribution in [0.3, 0.4) is 0 Å². The van der Waals surface area contributed by atoms with Crippen molar-refractivity contribution in [2.45, 2.75) is 32.8 Å². The fourth-order valence-corrected chi connectivity index (χ4v) is 2.07. The highest BCUT2D eigenvalue weighted by Crippen LogP contribution is 2.23. The van der Waals surface area contributed by atoms with Crippen molar-refractivity contribution >= 4 is 0 Å². The minimum atomic E-state index is -0.346.